The van der Waals surface area contributed by atoms with Gasteiger partial charge in [-0.15, -0.1) is 0 Å². The van der Waals surface area contributed by atoms with Crippen molar-refractivity contribution in [3.63, 3.8) is 0 Å². The number of amides is 1. The topological polar surface area (TPSA) is 53.3 Å². The second kappa shape index (κ2) is 5.96. The summed E-state index contributed by atoms with van der Waals surface area (Å²) >= 11 is 0. The van der Waals surface area contributed by atoms with Crippen molar-refractivity contribution in [1.29, 1.82) is 5.26 Å². The van der Waals surface area contributed by atoms with Crippen LogP contribution in [0.4, 0.5) is 5.69 Å². The minimum atomic E-state index is -0.285. The number of carbonyl (C=O) groups excluding carboxylic acids is 1. The molecule has 1 amide bonds. The minimum absolute atomic E-state index is 0.00300. The normalized spacial score (nSPS) is 14.4. The highest BCUT2D eigenvalue weighted by molar-refractivity contribution is 5.97. The van der Waals surface area contributed by atoms with Crippen LogP contribution < -0.4 is 9.64 Å². The number of para-hydroxylation sites is 2. The first-order chi connectivity index (χ1) is 9.53. The van der Waals surface area contributed by atoms with Gasteiger partial charge in [0.15, 0.2) is 6.61 Å². The molecule has 0 saturated heterocycles. The van der Waals surface area contributed by atoms with Crippen molar-refractivity contribution in [2.45, 2.75) is 33.1 Å². The molecule has 4 nitrogen and oxygen atoms in total. The number of nitrogens with zero attached hydrogens (tertiary/aromatic N) is 2. The molecule has 0 radical (unpaired) electrons. The summed E-state index contributed by atoms with van der Waals surface area (Å²) in [5.74, 6) is 0.771. The van der Waals surface area contributed by atoms with Gasteiger partial charge >= 0.3 is 0 Å². The molecule has 0 unspecified atom stereocenters. The second-order valence-corrected chi connectivity index (χ2v) is 5.75. The number of benzene rings is 1. The molecule has 4 heteroatoms. The van der Waals surface area contributed by atoms with Crippen molar-refractivity contribution < 1.29 is 9.53 Å². The van der Waals surface area contributed by atoms with Crippen LogP contribution in [0.3, 0.4) is 0 Å². The van der Waals surface area contributed by atoms with Gasteiger partial charge in [-0.25, -0.2) is 0 Å². The maximum Gasteiger partial charge on any atom is 0.265 e. The molecule has 1 aromatic rings. The number of ether oxygens (including phenoxy) is 1. The van der Waals surface area contributed by atoms with Crippen LogP contribution in [0.2, 0.25) is 0 Å². The molecule has 0 atom stereocenters. The van der Waals surface area contributed by atoms with Crippen LogP contribution in [-0.4, -0.2) is 19.1 Å². The zero-order chi connectivity index (χ0) is 14.6. The fourth-order valence-electron chi connectivity index (χ4n) is 2.29. The molecular formula is C16H20N2O2. The van der Waals surface area contributed by atoms with Crippen LogP contribution in [0.25, 0.3) is 0 Å². The van der Waals surface area contributed by atoms with E-state index in [1.54, 1.807) is 4.90 Å². The molecule has 0 fully saturated rings. The van der Waals surface area contributed by atoms with Gasteiger partial charge in [0.1, 0.15) is 5.75 Å². The lowest BCUT2D eigenvalue weighted by molar-refractivity contribution is -0.121. The SMILES string of the molecule is CC(C)(C#N)CCCCN1C(=O)COc2ccccc21. The summed E-state index contributed by atoms with van der Waals surface area (Å²) in [4.78, 5) is 13.7. The van der Waals surface area contributed by atoms with Crippen LogP contribution in [0.1, 0.15) is 33.1 Å². The van der Waals surface area contributed by atoms with Crippen LogP contribution in [0, 0.1) is 16.7 Å². The molecule has 0 aromatic heterocycles. The number of hydrogen-bond donors (Lipinski definition) is 0. The smallest absolute Gasteiger partial charge is 0.265 e. The zero-order valence-corrected chi connectivity index (χ0v) is 12.1. The van der Waals surface area contributed by atoms with Gasteiger partial charge in [0.05, 0.1) is 17.2 Å². The summed E-state index contributed by atoms with van der Waals surface area (Å²) in [5, 5.41) is 8.98. The lowest BCUT2D eigenvalue weighted by Gasteiger charge is -2.29. The first kappa shape index (κ1) is 14.4. The third-order valence-corrected chi connectivity index (χ3v) is 3.54. The largest absolute Gasteiger partial charge is 0.482 e. The van der Waals surface area contributed by atoms with Gasteiger partial charge in [0.2, 0.25) is 0 Å². The van der Waals surface area contributed by atoms with Gasteiger partial charge < -0.3 is 9.64 Å². The Labute approximate surface area is 120 Å². The first-order valence-electron chi connectivity index (χ1n) is 6.97. The minimum Gasteiger partial charge on any atom is -0.482 e. The van der Waals surface area contributed by atoms with Crippen molar-refractivity contribution in [2.24, 2.45) is 5.41 Å². The Balaban J connectivity index is 1.93. The van der Waals surface area contributed by atoms with Gasteiger partial charge in [-0.3, -0.25) is 4.79 Å². The summed E-state index contributed by atoms with van der Waals surface area (Å²) in [6, 6.07) is 9.91. The Morgan fingerprint density at radius 1 is 1.35 bits per heavy atom. The third-order valence-electron chi connectivity index (χ3n) is 3.54. The molecule has 1 aromatic carbocycles. The fourth-order valence-corrected chi connectivity index (χ4v) is 2.29. The summed E-state index contributed by atoms with van der Waals surface area (Å²) < 4.78 is 5.41. The van der Waals surface area contributed by atoms with E-state index in [0.29, 0.717) is 6.54 Å². The van der Waals surface area contributed by atoms with E-state index < -0.39 is 0 Å². The van der Waals surface area contributed by atoms with Crippen LogP contribution in [0.15, 0.2) is 24.3 Å². The average molecular weight is 272 g/mol. The number of rotatable bonds is 5. The van der Waals surface area contributed by atoms with Gasteiger partial charge in [-0.05, 0) is 38.8 Å². The Morgan fingerprint density at radius 3 is 2.85 bits per heavy atom. The summed E-state index contributed by atoms with van der Waals surface area (Å²) in [6.07, 6.45) is 2.68. The Hall–Kier alpha value is -2.02. The molecule has 2 rings (SSSR count). The Bertz CT molecular complexity index is 532. The summed E-state index contributed by atoms with van der Waals surface area (Å²) in [5.41, 5.74) is 0.565. The highest BCUT2D eigenvalue weighted by atomic mass is 16.5. The van der Waals surface area contributed by atoms with E-state index in [4.69, 9.17) is 10.00 Å². The molecule has 0 spiro atoms. The van der Waals surface area contributed by atoms with Gasteiger partial charge in [0.25, 0.3) is 5.91 Å². The van der Waals surface area contributed by atoms with Gasteiger partial charge in [-0.2, -0.15) is 5.26 Å². The highest BCUT2D eigenvalue weighted by Gasteiger charge is 2.24. The first-order valence-corrected chi connectivity index (χ1v) is 6.97. The van der Waals surface area contributed by atoms with Crippen LogP contribution in [0.5, 0.6) is 5.75 Å². The van der Waals surface area contributed by atoms with E-state index in [1.165, 1.54) is 0 Å². The van der Waals surface area contributed by atoms with Crippen LogP contribution in [-0.2, 0) is 4.79 Å². The molecule has 1 aliphatic rings. The number of carbonyl (C=O) groups is 1. The molecule has 1 heterocycles. The predicted molar refractivity (Wildman–Crippen MR) is 77.5 cm³/mol. The number of anilines is 1. The number of hydrogen-bond acceptors (Lipinski definition) is 3. The van der Waals surface area contributed by atoms with Crippen molar-refractivity contribution in [2.75, 3.05) is 18.1 Å². The Kier molecular flexibility index (Phi) is 4.29. The summed E-state index contributed by atoms with van der Waals surface area (Å²) in [6.45, 7) is 4.69. The second-order valence-electron chi connectivity index (χ2n) is 5.75. The van der Waals surface area contributed by atoms with E-state index in [0.717, 1.165) is 30.7 Å². The average Bonchev–Trinajstić information content (AvgIpc) is 2.45. The molecule has 0 aliphatic carbocycles. The van der Waals surface area contributed by atoms with E-state index >= 15 is 0 Å². The number of nitriles is 1. The van der Waals surface area contributed by atoms with Crippen molar-refractivity contribution >= 4 is 11.6 Å². The lowest BCUT2D eigenvalue weighted by Crippen LogP contribution is -2.39. The molecule has 1 aliphatic heterocycles. The van der Waals surface area contributed by atoms with E-state index in [9.17, 15) is 4.79 Å². The molecule has 20 heavy (non-hydrogen) atoms. The van der Waals surface area contributed by atoms with Crippen molar-refractivity contribution in [3.8, 4) is 11.8 Å². The van der Waals surface area contributed by atoms with E-state index in [1.807, 2.05) is 38.1 Å². The molecule has 0 bridgehead atoms. The Morgan fingerprint density at radius 2 is 2.10 bits per heavy atom. The summed E-state index contributed by atoms with van der Waals surface area (Å²) in [7, 11) is 0. The van der Waals surface area contributed by atoms with E-state index in [-0.39, 0.29) is 17.9 Å². The molecule has 0 N–H and O–H groups in total. The quantitative estimate of drug-likeness (QED) is 0.774. The standard InChI is InChI=1S/C16H20N2O2/c1-16(2,12-17)9-5-6-10-18-13-7-3-4-8-14(13)20-11-15(18)19/h3-4,7-8H,5-6,9-11H2,1-2H3. The fraction of sp³-hybridized carbons (Fsp3) is 0.500. The highest BCUT2D eigenvalue weighted by Crippen LogP contribution is 2.32. The predicted octanol–water partition coefficient (Wildman–Crippen LogP) is 3.13. The van der Waals surface area contributed by atoms with Crippen molar-refractivity contribution in [3.05, 3.63) is 24.3 Å². The maximum atomic E-state index is 12.0. The molecule has 106 valence electrons. The third kappa shape index (κ3) is 3.30. The zero-order valence-electron chi connectivity index (χ0n) is 12.1. The molecule has 0 saturated carbocycles. The number of unbranched alkanes of at least 4 members (excludes halogenated alkanes) is 1. The van der Waals surface area contributed by atoms with E-state index in [2.05, 4.69) is 6.07 Å². The van der Waals surface area contributed by atoms with Gasteiger partial charge in [0, 0.05) is 6.54 Å². The number of fused-ring (bicyclic) bond motifs is 1. The van der Waals surface area contributed by atoms with Crippen LogP contribution >= 0.6 is 0 Å². The van der Waals surface area contributed by atoms with Crippen molar-refractivity contribution in [1.82, 2.24) is 0 Å². The maximum absolute atomic E-state index is 12.0. The lowest BCUT2D eigenvalue weighted by atomic mass is 9.89. The monoisotopic (exact) mass is 272 g/mol. The van der Waals surface area contributed by atoms with Gasteiger partial charge in [-0.1, -0.05) is 18.6 Å². The molecular weight excluding hydrogens is 252 g/mol.